The highest BCUT2D eigenvalue weighted by atomic mass is 28.5. The van der Waals surface area contributed by atoms with Crippen molar-refractivity contribution in [3.63, 3.8) is 0 Å². The molecule has 0 nitrogen and oxygen atoms in total. The van der Waals surface area contributed by atoms with E-state index < -0.39 is 24.2 Å². The van der Waals surface area contributed by atoms with E-state index in [2.05, 4.69) is 80.8 Å². The SMILES string of the molecule is CC(C)[Si](C)(C)C([Si](C)(C)C(C)C)[Si](C)(C)C(C)C. The van der Waals surface area contributed by atoms with Crippen molar-refractivity contribution in [1.29, 1.82) is 0 Å². The average molecular weight is 317 g/mol. The fraction of sp³-hybridized carbons (Fsp3) is 1.00. The van der Waals surface area contributed by atoms with E-state index in [0.29, 0.717) is 0 Å². The van der Waals surface area contributed by atoms with Gasteiger partial charge in [0.25, 0.3) is 0 Å². The summed E-state index contributed by atoms with van der Waals surface area (Å²) in [6, 6.07) is 0. The van der Waals surface area contributed by atoms with Crippen LogP contribution in [0, 0.1) is 0 Å². The maximum absolute atomic E-state index is 2.69. The molecule has 0 radical (unpaired) electrons. The van der Waals surface area contributed by atoms with Gasteiger partial charge in [-0.2, -0.15) is 0 Å². The summed E-state index contributed by atoms with van der Waals surface area (Å²) in [7, 11) is -3.55. The zero-order valence-electron chi connectivity index (χ0n) is 15.8. The topological polar surface area (TPSA) is 0 Å². The Hall–Kier alpha value is 0.651. The maximum Gasteiger partial charge on any atom is 0.0478 e. The van der Waals surface area contributed by atoms with Gasteiger partial charge in [-0.3, -0.25) is 0 Å². The van der Waals surface area contributed by atoms with E-state index in [1.165, 1.54) is 0 Å². The summed E-state index contributed by atoms with van der Waals surface area (Å²) in [5.74, 6) is 0. The first-order chi connectivity index (χ1) is 8.20. The minimum atomic E-state index is -1.18. The summed E-state index contributed by atoms with van der Waals surface area (Å²) >= 11 is 0. The Kier molecular flexibility index (Phi) is 6.40. The molecule has 0 spiro atoms. The first-order valence-electron chi connectivity index (χ1n) is 8.20. The van der Waals surface area contributed by atoms with E-state index in [-0.39, 0.29) is 0 Å². The second-order valence-electron chi connectivity index (χ2n) is 9.36. The standard InChI is InChI=1S/C16H40Si3/c1-13(2)17(7,8)16(18(9,10)14(3)4)19(11,12)15(5)6/h13-16H,1-12H3. The Morgan fingerprint density at radius 3 is 0.684 bits per heavy atom. The first kappa shape index (κ1) is 19.7. The predicted molar refractivity (Wildman–Crippen MR) is 101 cm³/mol. The molecule has 0 aliphatic carbocycles. The first-order valence-corrected chi connectivity index (χ1v) is 17.7. The van der Waals surface area contributed by atoms with Crippen molar-refractivity contribution in [2.45, 2.75) is 102 Å². The van der Waals surface area contributed by atoms with Crippen LogP contribution in [0.5, 0.6) is 0 Å². The summed E-state index contributed by atoms with van der Waals surface area (Å²) in [6.07, 6.45) is 0. The van der Waals surface area contributed by atoms with Crippen LogP contribution >= 0.6 is 0 Å². The number of hydrogen-bond acceptors (Lipinski definition) is 0. The number of rotatable bonds is 6. The zero-order chi connectivity index (χ0) is 15.8. The van der Waals surface area contributed by atoms with Gasteiger partial charge in [-0.15, -0.1) is 0 Å². The monoisotopic (exact) mass is 316 g/mol. The fourth-order valence-electron chi connectivity index (χ4n) is 3.88. The molecule has 0 atom stereocenters. The smallest absolute Gasteiger partial charge is 0.0478 e. The third-order valence-corrected chi connectivity index (χ3v) is 33.5. The zero-order valence-corrected chi connectivity index (χ0v) is 18.8. The van der Waals surface area contributed by atoms with Crippen LogP contribution in [0.25, 0.3) is 0 Å². The molecule has 0 amide bonds. The van der Waals surface area contributed by atoms with Crippen molar-refractivity contribution in [2.24, 2.45) is 0 Å². The quantitative estimate of drug-likeness (QED) is 0.473. The second-order valence-corrected chi connectivity index (χ2v) is 27.2. The molecule has 0 aromatic rings. The van der Waals surface area contributed by atoms with Crippen LogP contribution in [0.3, 0.4) is 0 Å². The lowest BCUT2D eigenvalue weighted by molar-refractivity contribution is 0.926. The fourth-order valence-corrected chi connectivity index (χ4v) is 34.9. The van der Waals surface area contributed by atoms with Gasteiger partial charge in [0.15, 0.2) is 0 Å². The molecule has 0 aliphatic rings. The minimum Gasteiger partial charge on any atom is -0.0694 e. The van der Waals surface area contributed by atoms with Gasteiger partial charge < -0.3 is 0 Å². The highest BCUT2D eigenvalue weighted by Crippen LogP contribution is 2.51. The Bertz CT molecular complexity index is 241. The van der Waals surface area contributed by atoms with Crippen LogP contribution in [0.1, 0.15) is 41.5 Å². The van der Waals surface area contributed by atoms with E-state index in [1.807, 2.05) is 0 Å². The predicted octanol–water partition coefficient (Wildman–Crippen LogP) is 6.79. The Morgan fingerprint density at radius 1 is 0.421 bits per heavy atom. The van der Waals surface area contributed by atoms with Gasteiger partial charge in [0.2, 0.25) is 0 Å². The van der Waals surface area contributed by atoms with E-state index in [9.17, 15) is 0 Å². The normalized spacial score (nSPS) is 15.2. The molecule has 0 aliphatic heterocycles. The van der Waals surface area contributed by atoms with Crippen LogP contribution in [0.2, 0.25) is 60.7 Å². The molecule has 0 unspecified atom stereocenters. The van der Waals surface area contributed by atoms with Crippen molar-refractivity contribution in [2.75, 3.05) is 0 Å². The van der Waals surface area contributed by atoms with Crippen LogP contribution in [0.15, 0.2) is 0 Å². The van der Waals surface area contributed by atoms with Gasteiger partial charge >= 0.3 is 0 Å². The lowest BCUT2D eigenvalue weighted by Gasteiger charge is -2.55. The lowest BCUT2D eigenvalue weighted by atomic mass is 10.6. The molecule has 19 heavy (non-hydrogen) atoms. The molecule has 0 heterocycles. The largest absolute Gasteiger partial charge is 0.0694 e. The van der Waals surface area contributed by atoms with Gasteiger partial charge in [0.1, 0.15) is 0 Å². The van der Waals surface area contributed by atoms with Crippen LogP contribution < -0.4 is 0 Å². The van der Waals surface area contributed by atoms with E-state index in [0.717, 1.165) is 21.4 Å². The minimum absolute atomic E-state index is 0.911. The van der Waals surface area contributed by atoms with Gasteiger partial charge in [0.05, 0.1) is 0 Å². The van der Waals surface area contributed by atoms with Crippen LogP contribution in [-0.2, 0) is 0 Å². The van der Waals surface area contributed by atoms with Crippen LogP contribution in [0.4, 0.5) is 0 Å². The summed E-state index contributed by atoms with van der Waals surface area (Å²) in [6.45, 7) is 31.1. The van der Waals surface area contributed by atoms with Crippen molar-refractivity contribution in [1.82, 2.24) is 0 Å². The second kappa shape index (κ2) is 6.18. The number of hydrogen-bond donors (Lipinski definition) is 0. The van der Waals surface area contributed by atoms with Crippen molar-refractivity contribution >= 4 is 24.2 Å². The third-order valence-electron chi connectivity index (χ3n) is 6.70. The molecule has 0 bridgehead atoms. The summed E-state index contributed by atoms with van der Waals surface area (Å²) < 4.78 is 0. The van der Waals surface area contributed by atoms with Crippen LogP contribution in [-0.4, -0.2) is 24.2 Å². The maximum atomic E-state index is 2.69. The van der Waals surface area contributed by atoms with E-state index >= 15 is 0 Å². The van der Waals surface area contributed by atoms with Gasteiger partial charge in [-0.25, -0.2) is 0 Å². The molecule has 0 N–H and O–H groups in total. The molecule has 116 valence electrons. The molecule has 0 aromatic carbocycles. The highest BCUT2D eigenvalue weighted by Gasteiger charge is 2.54. The molecule has 0 saturated carbocycles. The van der Waals surface area contributed by atoms with Gasteiger partial charge in [0, 0.05) is 24.2 Å². The van der Waals surface area contributed by atoms with E-state index in [4.69, 9.17) is 0 Å². The van der Waals surface area contributed by atoms with Crippen molar-refractivity contribution < 1.29 is 0 Å². The highest BCUT2D eigenvalue weighted by molar-refractivity contribution is 7.14. The molecule has 0 rings (SSSR count). The summed E-state index contributed by atoms with van der Waals surface area (Å²) in [4.78, 5) is 1.12. The Balaban J connectivity index is 5.93. The molecule has 3 heteroatoms. The third kappa shape index (κ3) is 3.85. The molecule has 0 saturated heterocycles. The molecule has 0 aromatic heterocycles. The van der Waals surface area contributed by atoms with Crippen molar-refractivity contribution in [3.8, 4) is 0 Å². The Labute approximate surface area is 126 Å². The van der Waals surface area contributed by atoms with Gasteiger partial charge in [-0.05, 0) is 0 Å². The molecular weight excluding hydrogens is 276 g/mol. The molecular formula is C16H40Si3. The van der Waals surface area contributed by atoms with Crippen molar-refractivity contribution in [3.05, 3.63) is 0 Å². The summed E-state index contributed by atoms with van der Waals surface area (Å²) in [5, 5.41) is 0. The lowest BCUT2D eigenvalue weighted by Crippen LogP contribution is -2.62. The van der Waals surface area contributed by atoms with E-state index in [1.54, 1.807) is 0 Å². The summed E-state index contributed by atoms with van der Waals surface area (Å²) in [5.41, 5.74) is 2.73. The average Bonchev–Trinajstić information content (AvgIpc) is 2.14. The van der Waals surface area contributed by atoms with Gasteiger partial charge in [-0.1, -0.05) is 102 Å². The Morgan fingerprint density at radius 2 is 0.579 bits per heavy atom. The molecule has 0 fully saturated rings.